The van der Waals surface area contributed by atoms with Gasteiger partial charge in [0.05, 0.1) is 33.8 Å². The van der Waals surface area contributed by atoms with Crippen molar-refractivity contribution in [2.45, 2.75) is 0 Å². The Kier molecular flexibility index (Phi) is 5.38. The number of nitrogens with zero attached hydrogens (tertiary/aromatic N) is 1. The van der Waals surface area contributed by atoms with Crippen LogP contribution in [0.3, 0.4) is 0 Å². The molecule has 21 heavy (non-hydrogen) atoms. The van der Waals surface area contributed by atoms with Crippen molar-refractivity contribution in [2.75, 3.05) is 36.5 Å². The minimum Gasteiger partial charge on any atom is -0.322 e. The number of sulfone groups is 1. The van der Waals surface area contributed by atoms with Crippen molar-refractivity contribution >= 4 is 56.2 Å². The summed E-state index contributed by atoms with van der Waals surface area (Å²) in [6, 6.07) is 2.97. The highest BCUT2D eigenvalue weighted by Crippen LogP contribution is 2.33. The number of rotatable bonds is 3. The first-order valence-electron chi connectivity index (χ1n) is 6.14. The summed E-state index contributed by atoms with van der Waals surface area (Å²) in [7, 11) is -2.96. The van der Waals surface area contributed by atoms with E-state index in [9.17, 15) is 13.2 Å². The number of nitrogens with one attached hydrogen (secondary N) is 1. The van der Waals surface area contributed by atoms with E-state index >= 15 is 0 Å². The number of halogens is 3. The monoisotopic (exact) mass is 370 g/mol. The van der Waals surface area contributed by atoms with Gasteiger partial charge in [-0.05, 0) is 12.1 Å². The van der Waals surface area contributed by atoms with Crippen LogP contribution in [0.15, 0.2) is 12.1 Å². The maximum Gasteiger partial charge on any atom is 0.238 e. The number of hydrogen-bond donors (Lipinski definition) is 1. The summed E-state index contributed by atoms with van der Waals surface area (Å²) in [5.74, 6) is -0.161. The first-order valence-corrected chi connectivity index (χ1v) is 9.09. The summed E-state index contributed by atoms with van der Waals surface area (Å²) in [5, 5.41) is 3.50. The average Bonchev–Trinajstić information content (AvgIpc) is 2.36. The standard InChI is InChI=1S/C12H13Cl3N2O3S/c13-8-5-9(14)12(10(15)6-8)16-11(18)7-17-1-3-21(19,20)4-2-17/h5-6H,1-4,7H2,(H,16,18). The van der Waals surface area contributed by atoms with Crippen LogP contribution in [0.1, 0.15) is 0 Å². The zero-order valence-electron chi connectivity index (χ0n) is 10.9. The summed E-state index contributed by atoms with van der Waals surface area (Å²) in [5.41, 5.74) is 0.303. The number of carbonyl (C=O) groups is 1. The van der Waals surface area contributed by atoms with Crippen LogP contribution in [0.2, 0.25) is 15.1 Å². The number of hydrogen-bond acceptors (Lipinski definition) is 4. The molecule has 0 aromatic heterocycles. The molecule has 116 valence electrons. The maximum absolute atomic E-state index is 12.0. The van der Waals surface area contributed by atoms with E-state index in [0.717, 1.165) is 0 Å². The third kappa shape index (κ3) is 4.72. The second-order valence-corrected chi connectivity index (χ2v) is 8.28. The predicted octanol–water partition coefficient (Wildman–Crippen LogP) is 2.32. The third-order valence-corrected chi connectivity index (χ3v) is 5.50. The van der Waals surface area contributed by atoms with Gasteiger partial charge < -0.3 is 5.32 Å². The van der Waals surface area contributed by atoms with Gasteiger partial charge in [0.25, 0.3) is 0 Å². The summed E-state index contributed by atoms with van der Waals surface area (Å²) >= 11 is 17.8. The van der Waals surface area contributed by atoms with Crippen molar-refractivity contribution in [2.24, 2.45) is 0 Å². The fourth-order valence-electron chi connectivity index (χ4n) is 1.95. The molecule has 1 aliphatic rings. The van der Waals surface area contributed by atoms with Crippen molar-refractivity contribution in [1.29, 1.82) is 0 Å². The molecule has 0 unspecified atom stereocenters. The lowest BCUT2D eigenvalue weighted by molar-refractivity contribution is -0.117. The zero-order valence-corrected chi connectivity index (χ0v) is 14.0. The summed E-state index contributed by atoms with van der Waals surface area (Å²) in [6.07, 6.45) is 0. The molecule has 1 N–H and O–H groups in total. The maximum atomic E-state index is 12.0. The molecule has 5 nitrogen and oxygen atoms in total. The van der Waals surface area contributed by atoms with Crippen molar-refractivity contribution < 1.29 is 13.2 Å². The average molecular weight is 372 g/mol. The van der Waals surface area contributed by atoms with Crippen molar-refractivity contribution in [3.8, 4) is 0 Å². The molecular weight excluding hydrogens is 359 g/mol. The van der Waals surface area contributed by atoms with Gasteiger partial charge in [-0.3, -0.25) is 9.69 Å². The number of benzene rings is 1. The fourth-order valence-corrected chi connectivity index (χ4v) is 4.14. The Morgan fingerprint density at radius 3 is 2.19 bits per heavy atom. The molecule has 0 spiro atoms. The first kappa shape index (κ1) is 16.8. The van der Waals surface area contributed by atoms with Gasteiger partial charge in [-0.15, -0.1) is 0 Å². The van der Waals surface area contributed by atoms with Crippen LogP contribution >= 0.6 is 34.8 Å². The number of anilines is 1. The van der Waals surface area contributed by atoms with E-state index in [-0.39, 0.29) is 34.0 Å². The molecule has 1 heterocycles. The van der Waals surface area contributed by atoms with Crippen molar-refractivity contribution in [3.63, 3.8) is 0 Å². The molecule has 0 atom stereocenters. The molecule has 0 bridgehead atoms. The Morgan fingerprint density at radius 1 is 1.14 bits per heavy atom. The summed E-state index contributed by atoms with van der Waals surface area (Å²) in [4.78, 5) is 13.8. The molecule has 9 heteroatoms. The second kappa shape index (κ2) is 6.71. The Hall–Kier alpha value is -0.530. The minimum atomic E-state index is -2.96. The van der Waals surface area contributed by atoms with E-state index in [2.05, 4.69) is 5.32 Å². The first-order chi connectivity index (χ1) is 9.77. The van der Waals surface area contributed by atoms with Gasteiger partial charge in [-0.2, -0.15) is 0 Å². The van der Waals surface area contributed by atoms with Crippen LogP contribution in [0.25, 0.3) is 0 Å². The van der Waals surface area contributed by atoms with Crippen LogP contribution in [-0.2, 0) is 14.6 Å². The topological polar surface area (TPSA) is 66.5 Å². The van der Waals surface area contributed by atoms with E-state index in [0.29, 0.717) is 23.8 Å². The molecule has 1 amide bonds. The molecular formula is C12H13Cl3N2O3S. The Morgan fingerprint density at radius 2 is 1.67 bits per heavy atom. The van der Waals surface area contributed by atoms with Crippen molar-refractivity contribution in [3.05, 3.63) is 27.2 Å². The normalized spacial score (nSPS) is 18.4. The van der Waals surface area contributed by atoms with Crippen LogP contribution in [0.4, 0.5) is 5.69 Å². The van der Waals surface area contributed by atoms with E-state index < -0.39 is 9.84 Å². The highest BCUT2D eigenvalue weighted by Gasteiger charge is 2.23. The lowest BCUT2D eigenvalue weighted by Gasteiger charge is -2.25. The summed E-state index contributed by atoms with van der Waals surface area (Å²) < 4.78 is 22.6. The van der Waals surface area contributed by atoms with Gasteiger partial charge in [0, 0.05) is 18.1 Å². The molecule has 0 saturated carbocycles. The van der Waals surface area contributed by atoms with Crippen LogP contribution in [0.5, 0.6) is 0 Å². The van der Waals surface area contributed by atoms with Crippen LogP contribution in [-0.4, -0.2) is 50.4 Å². The van der Waals surface area contributed by atoms with Crippen molar-refractivity contribution in [1.82, 2.24) is 4.90 Å². The second-order valence-electron chi connectivity index (χ2n) is 4.72. The molecule has 1 aliphatic heterocycles. The van der Waals surface area contributed by atoms with Gasteiger partial charge in [-0.1, -0.05) is 34.8 Å². The number of amides is 1. The molecule has 1 aromatic rings. The van der Waals surface area contributed by atoms with Gasteiger partial charge in [0.2, 0.25) is 5.91 Å². The summed E-state index contributed by atoms with van der Waals surface area (Å²) in [6.45, 7) is 0.778. The van der Waals surface area contributed by atoms with Gasteiger partial charge in [0.15, 0.2) is 9.84 Å². The quantitative estimate of drug-likeness (QED) is 0.885. The number of carbonyl (C=O) groups excluding carboxylic acids is 1. The van der Waals surface area contributed by atoms with E-state index in [1.165, 1.54) is 12.1 Å². The molecule has 1 aromatic carbocycles. The molecule has 1 fully saturated rings. The Bertz CT molecular complexity index is 627. The van der Waals surface area contributed by atoms with Crippen LogP contribution < -0.4 is 5.32 Å². The Labute approximate surface area is 138 Å². The lowest BCUT2D eigenvalue weighted by atomic mass is 10.3. The largest absolute Gasteiger partial charge is 0.322 e. The fraction of sp³-hybridized carbons (Fsp3) is 0.417. The molecule has 1 saturated heterocycles. The smallest absolute Gasteiger partial charge is 0.238 e. The van der Waals surface area contributed by atoms with Gasteiger partial charge >= 0.3 is 0 Å². The van der Waals surface area contributed by atoms with E-state index in [1.807, 2.05) is 0 Å². The van der Waals surface area contributed by atoms with Crippen LogP contribution in [0, 0.1) is 0 Å². The van der Waals surface area contributed by atoms with E-state index in [1.54, 1.807) is 4.90 Å². The highest BCUT2D eigenvalue weighted by molar-refractivity contribution is 7.91. The molecule has 0 radical (unpaired) electrons. The third-order valence-electron chi connectivity index (χ3n) is 3.08. The van der Waals surface area contributed by atoms with E-state index in [4.69, 9.17) is 34.8 Å². The Balaban J connectivity index is 1.97. The van der Waals surface area contributed by atoms with Gasteiger partial charge in [-0.25, -0.2) is 8.42 Å². The SMILES string of the molecule is O=C(CN1CCS(=O)(=O)CC1)Nc1c(Cl)cc(Cl)cc1Cl. The predicted molar refractivity (Wildman–Crippen MR) is 85.2 cm³/mol. The highest BCUT2D eigenvalue weighted by atomic mass is 35.5. The lowest BCUT2D eigenvalue weighted by Crippen LogP contribution is -2.43. The molecule has 2 rings (SSSR count). The molecule has 0 aliphatic carbocycles. The minimum absolute atomic E-state index is 0.0722. The zero-order chi connectivity index (χ0) is 15.6. The van der Waals surface area contributed by atoms with Gasteiger partial charge in [0.1, 0.15) is 0 Å².